The summed E-state index contributed by atoms with van der Waals surface area (Å²) < 4.78 is 27.1. The minimum Gasteiger partial charge on any atom is -0.206 e. The van der Waals surface area contributed by atoms with Crippen LogP contribution < -0.4 is 0 Å². The highest BCUT2D eigenvalue weighted by molar-refractivity contribution is 9.10. The Bertz CT molecular complexity index is 349. The molecule has 0 amide bonds. The van der Waals surface area contributed by atoms with Gasteiger partial charge in [-0.15, -0.1) is 0 Å². The van der Waals surface area contributed by atoms with E-state index in [0.29, 0.717) is 10.4 Å². The van der Waals surface area contributed by atoms with Gasteiger partial charge in [0, 0.05) is 10.0 Å². The van der Waals surface area contributed by atoms with Gasteiger partial charge in [-0.25, -0.2) is 8.78 Å². The number of hydrogen-bond acceptors (Lipinski definition) is 0. The highest BCUT2D eigenvalue weighted by Gasteiger charge is 2.07. The summed E-state index contributed by atoms with van der Waals surface area (Å²) >= 11 is 3.04. The molecule has 0 aliphatic heterocycles. The lowest BCUT2D eigenvalue weighted by Crippen LogP contribution is -1.90. The first-order valence-corrected chi connectivity index (χ1v) is 5.66. The third kappa shape index (κ3) is 3.42. The van der Waals surface area contributed by atoms with Crippen molar-refractivity contribution in [2.75, 3.05) is 0 Å². The molecule has 0 N–H and O–H groups in total. The molecule has 0 bridgehead atoms. The smallest absolute Gasteiger partial charge is 0.134 e. The second-order valence-electron chi connectivity index (χ2n) is 3.53. The minimum absolute atomic E-state index is 0.0264. The Morgan fingerprint density at radius 3 is 2.33 bits per heavy atom. The molecule has 0 nitrogen and oxygen atoms in total. The standard InChI is InChI=1S/C12H13BrF2/c1-3-8(2)4-5-10-11(14)6-9(13)7-12(10)15/h4-8H,3H2,1-2H3/t8-/m1/s1. The van der Waals surface area contributed by atoms with E-state index in [1.54, 1.807) is 0 Å². The molecule has 0 unspecified atom stereocenters. The van der Waals surface area contributed by atoms with Crippen LogP contribution in [0, 0.1) is 17.6 Å². The first-order chi connectivity index (χ1) is 7.04. The topological polar surface area (TPSA) is 0 Å². The molecule has 82 valence electrons. The van der Waals surface area contributed by atoms with Crippen LogP contribution in [0.5, 0.6) is 0 Å². The molecule has 0 saturated heterocycles. The molecule has 0 spiro atoms. The second-order valence-corrected chi connectivity index (χ2v) is 4.44. The molecule has 1 rings (SSSR count). The number of hydrogen-bond donors (Lipinski definition) is 0. The van der Waals surface area contributed by atoms with Crippen LogP contribution in [0.3, 0.4) is 0 Å². The lowest BCUT2D eigenvalue weighted by Gasteiger charge is -2.03. The van der Waals surface area contributed by atoms with Crippen molar-refractivity contribution in [3.8, 4) is 0 Å². The zero-order chi connectivity index (χ0) is 11.4. The molecule has 1 aromatic carbocycles. The summed E-state index contributed by atoms with van der Waals surface area (Å²) in [6.45, 7) is 4.04. The average molecular weight is 275 g/mol. The Hall–Kier alpha value is -0.700. The van der Waals surface area contributed by atoms with E-state index in [1.807, 2.05) is 19.9 Å². The van der Waals surface area contributed by atoms with Gasteiger partial charge in [0.2, 0.25) is 0 Å². The van der Waals surface area contributed by atoms with Crippen LogP contribution >= 0.6 is 15.9 Å². The third-order valence-electron chi connectivity index (χ3n) is 2.28. The summed E-state index contributed by atoms with van der Waals surface area (Å²) in [7, 11) is 0. The zero-order valence-electron chi connectivity index (χ0n) is 8.73. The van der Waals surface area contributed by atoms with Crippen molar-refractivity contribution in [2.24, 2.45) is 5.92 Å². The van der Waals surface area contributed by atoms with Gasteiger partial charge in [0.25, 0.3) is 0 Å². The fourth-order valence-electron chi connectivity index (χ4n) is 1.11. The van der Waals surface area contributed by atoms with E-state index in [0.717, 1.165) is 6.42 Å². The summed E-state index contributed by atoms with van der Waals surface area (Å²) in [5.41, 5.74) is 0.0264. The van der Waals surface area contributed by atoms with Gasteiger partial charge >= 0.3 is 0 Å². The number of allylic oxidation sites excluding steroid dienone is 1. The summed E-state index contributed by atoms with van der Waals surface area (Å²) in [6.07, 6.45) is 4.27. The number of halogens is 3. The van der Waals surface area contributed by atoms with Crippen LogP contribution in [0.1, 0.15) is 25.8 Å². The van der Waals surface area contributed by atoms with E-state index < -0.39 is 11.6 Å². The van der Waals surface area contributed by atoms with Crippen molar-refractivity contribution in [2.45, 2.75) is 20.3 Å². The predicted molar refractivity (Wildman–Crippen MR) is 62.5 cm³/mol. The highest BCUT2D eigenvalue weighted by Crippen LogP contribution is 2.21. The van der Waals surface area contributed by atoms with E-state index in [1.165, 1.54) is 18.2 Å². The molecule has 0 heterocycles. The fourth-order valence-corrected chi connectivity index (χ4v) is 1.51. The molecule has 0 aliphatic carbocycles. The highest BCUT2D eigenvalue weighted by atomic mass is 79.9. The lowest BCUT2D eigenvalue weighted by atomic mass is 10.1. The second kappa shape index (κ2) is 5.40. The van der Waals surface area contributed by atoms with E-state index >= 15 is 0 Å². The Kier molecular flexibility index (Phi) is 4.45. The normalized spacial score (nSPS) is 13.4. The van der Waals surface area contributed by atoms with Crippen molar-refractivity contribution in [3.63, 3.8) is 0 Å². The molecule has 1 aromatic rings. The quantitative estimate of drug-likeness (QED) is 0.744. The van der Waals surface area contributed by atoms with Crippen LogP contribution in [-0.4, -0.2) is 0 Å². The van der Waals surface area contributed by atoms with E-state index in [2.05, 4.69) is 15.9 Å². The largest absolute Gasteiger partial charge is 0.206 e. The van der Waals surface area contributed by atoms with Crippen molar-refractivity contribution >= 4 is 22.0 Å². The van der Waals surface area contributed by atoms with Gasteiger partial charge in [0.05, 0.1) is 0 Å². The van der Waals surface area contributed by atoms with Crippen LogP contribution in [0.2, 0.25) is 0 Å². The van der Waals surface area contributed by atoms with Crippen LogP contribution in [-0.2, 0) is 0 Å². The maximum absolute atomic E-state index is 13.3. The van der Waals surface area contributed by atoms with Gasteiger partial charge in [-0.3, -0.25) is 0 Å². The van der Waals surface area contributed by atoms with Gasteiger partial charge in [0.1, 0.15) is 11.6 Å². The Labute approximate surface area is 97.1 Å². The maximum atomic E-state index is 13.3. The number of rotatable bonds is 3. The Morgan fingerprint density at radius 1 is 1.33 bits per heavy atom. The summed E-state index contributed by atoms with van der Waals surface area (Å²) in [5, 5.41) is 0. The summed E-state index contributed by atoms with van der Waals surface area (Å²) in [4.78, 5) is 0. The maximum Gasteiger partial charge on any atom is 0.134 e. The summed E-state index contributed by atoms with van der Waals surface area (Å²) in [5.74, 6) is -0.754. The SMILES string of the molecule is CC[C@@H](C)C=Cc1c(F)cc(Br)cc1F. The minimum atomic E-state index is -0.540. The molecule has 0 saturated carbocycles. The molecule has 0 fully saturated rings. The van der Waals surface area contributed by atoms with Crippen molar-refractivity contribution in [3.05, 3.63) is 39.9 Å². The fraction of sp³-hybridized carbons (Fsp3) is 0.333. The van der Waals surface area contributed by atoms with Crippen LogP contribution in [0.4, 0.5) is 8.78 Å². The molecular formula is C12H13BrF2. The van der Waals surface area contributed by atoms with E-state index in [4.69, 9.17) is 0 Å². The lowest BCUT2D eigenvalue weighted by molar-refractivity contribution is 0.576. The van der Waals surface area contributed by atoms with Gasteiger partial charge in [-0.2, -0.15) is 0 Å². The average Bonchev–Trinajstić information content (AvgIpc) is 2.15. The first kappa shape index (κ1) is 12.4. The van der Waals surface area contributed by atoms with E-state index in [-0.39, 0.29) is 5.56 Å². The van der Waals surface area contributed by atoms with Crippen molar-refractivity contribution in [1.82, 2.24) is 0 Å². The van der Waals surface area contributed by atoms with Crippen molar-refractivity contribution < 1.29 is 8.78 Å². The molecule has 3 heteroatoms. The van der Waals surface area contributed by atoms with Gasteiger partial charge in [-0.1, -0.05) is 48.4 Å². The molecular weight excluding hydrogens is 262 g/mol. The molecule has 1 atom stereocenters. The van der Waals surface area contributed by atoms with Crippen LogP contribution in [0.15, 0.2) is 22.7 Å². The van der Waals surface area contributed by atoms with Gasteiger partial charge < -0.3 is 0 Å². The zero-order valence-corrected chi connectivity index (χ0v) is 10.3. The van der Waals surface area contributed by atoms with Crippen LogP contribution in [0.25, 0.3) is 6.08 Å². The molecule has 15 heavy (non-hydrogen) atoms. The van der Waals surface area contributed by atoms with Gasteiger partial charge in [-0.05, 0) is 18.1 Å². The monoisotopic (exact) mass is 274 g/mol. The molecule has 0 aliphatic rings. The molecule has 0 radical (unpaired) electrons. The van der Waals surface area contributed by atoms with E-state index in [9.17, 15) is 8.78 Å². The molecule has 0 aromatic heterocycles. The Balaban J connectivity index is 3.00. The van der Waals surface area contributed by atoms with Gasteiger partial charge in [0.15, 0.2) is 0 Å². The summed E-state index contributed by atoms with van der Waals surface area (Å²) in [6, 6.07) is 2.53. The predicted octanol–water partition coefficient (Wildman–Crippen LogP) is 4.79. The van der Waals surface area contributed by atoms with Crippen molar-refractivity contribution in [1.29, 1.82) is 0 Å². The first-order valence-electron chi connectivity index (χ1n) is 4.87. The Morgan fingerprint density at radius 2 is 1.87 bits per heavy atom. The number of benzene rings is 1. The third-order valence-corrected chi connectivity index (χ3v) is 2.74.